The van der Waals surface area contributed by atoms with Crippen LogP contribution in [0.4, 0.5) is 0 Å². The lowest BCUT2D eigenvalue weighted by Gasteiger charge is -2.28. The van der Waals surface area contributed by atoms with Crippen LogP contribution in [0.1, 0.15) is 51.9 Å². The highest BCUT2D eigenvalue weighted by Crippen LogP contribution is 2.28. The Labute approximate surface area is 94.1 Å². The monoisotopic (exact) mass is 208 g/mol. The summed E-state index contributed by atoms with van der Waals surface area (Å²) in [6.07, 6.45) is 8.58. The van der Waals surface area contributed by atoms with Crippen LogP contribution in [-0.2, 0) is 0 Å². The highest BCUT2D eigenvalue weighted by atomic mass is 14.9. The lowest BCUT2D eigenvalue weighted by atomic mass is 9.80. The van der Waals surface area contributed by atoms with Crippen LogP contribution in [0.15, 0.2) is 0 Å². The molecule has 1 fully saturated rings. The minimum atomic E-state index is 0.710. The Bertz CT molecular complexity index is 195. The van der Waals surface area contributed by atoms with Crippen molar-refractivity contribution in [3.63, 3.8) is 0 Å². The van der Waals surface area contributed by atoms with Crippen molar-refractivity contribution in [1.29, 1.82) is 5.26 Å². The van der Waals surface area contributed by atoms with E-state index in [4.69, 9.17) is 5.26 Å². The van der Waals surface area contributed by atoms with Crippen molar-refractivity contribution in [2.45, 2.75) is 51.9 Å². The fraction of sp³-hybridized carbons (Fsp3) is 0.923. The van der Waals surface area contributed by atoms with E-state index in [0.717, 1.165) is 31.2 Å². The fourth-order valence-electron chi connectivity index (χ4n) is 2.44. The Morgan fingerprint density at radius 1 is 1.27 bits per heavy atom. The van der Waals surface area contributed by atoms with Gasteiger partial charge in [0.05, 0.1) is 6.07 Å². The van der Waals surface area contributed by atoms with Gasteiger partial charge in [-0.1, -0.05) is 26.2 Å². The molecule has 1 rings (SSSR count). The smallest absolute Gasteiger partial charge is 0.0621 e. The van der Waals surface area contributed by atoms with Crippen LogP contribution in [0.5, 0.6) is 0 Å². The molecule has 1 N–H and O–H groups in total. The van der Waals surface area contributed by atoms with Crippen molar-refractivity contribution in [2.75, 3.05) is 13.1 Å². The number of nitrogens with zero attached hydrogens (tertiary/aromatic N) is 1. The molecule has 0 bridgehead atoms. The molecule has 2 unspecified atom stereocenters. The predicted molar refractivity (Wildman–Crippen MR) is 63.5 cm³/mol. The molecule has 0 spiro atoms. The Kier molecular flexibility index (Phi) is 6.43. The van der Waals surface area contributed by atoms with Crippen molar-refractivity contribution >= 4 is 0 Å². The molecular weight excluding hydrogens is 184 g/mol. The number of hydrogen-bond acceptors (Lipinski definition) is 2. The van der Waals surface area contributed by atoms with Crippen LogP contribution < -0.4 is 5.32 Å². The Balaban J connectivity index is 1.97. The van der Waals surface area contributed by atoms with Crippen molar-refractivity contribution in [1.82, 2.24) is 5.32 Å². The van der Waals surface area contributed by atoms with Crippen LogP contribution in [0, 0.1) is 23.2 Å². The third kappa shape index (κ3) is 5.18. The predicted octanol–water partition coefficient (Wildman–Crippen LogP) is 3.10. The van der Waals surface area contributed by atoms with Crippen LogP contribution in [0.3, 0.4) is 0 Å². The molecule has 2 atom stereocenters. The third-order valence-electron chi connectivity index (χ3n) is 3.59. The average Bonchev–Trinajstić information content (AvgIpc) is 2.25. The van der Waals surface area contributed by atoms with Crippen molar-refractivity contribution < 1.29 is 0 Å². The average molecular weight is 208 g/mol. The SMILES string of the molecule is CC1CCCCC1CNCCCCC#N. The first-order chi connectivity index (χ1) is 7.34. The molecule has 2 nitrogen and oxygen atoms in total. The van der Waals surface area contributed by atoms with Crippen LogP contribution >= 0.6 is 0 Å². The second-order valence-electron chi connectivity index (χ2n) is 4.84. The molecule has 86 valence electrons. The lowest BCUT2D eigenvalue weighted by molar-refractivity contribution is 0.248. The molecule has 0 radical (unpaired) electrons. The van der Waals surface area contributed by atoms with E-state index in [1.165, 1.54) is 32.2 Å². The van der Waals surface area contributed by atoms with E-state index in [0.29, 0.717) is 6.42 Å². The number of nitrogens with one attached hydrogen (secondary N) is 1. The Hall–Kier alpha value is -0.550. The first kappa shape index (κ1) is 12.5. The van der Waals surface area contributed by atoms with E-state index in [2.05, 4.69) is 18.3 Å². The summed E-state index contributed by atoms with van der Waals surface area (Å²) in [7, 11) is 0. The molecule has 0 aromatic rings. The second-order valence-corrected chi connectivity index (χ2v) is 4.84. The number of rotatable bonds is 6. The van der Waals surface area contributed by atoms with E-state index in [1.807, 2.05) is 0 Å². The van der Waals surface area contributed by atoms with Crippen LogP contribution in [0.25, 0.3) is 0 Å². The molecule has 1 aliphatic rings. The molecule has 0 aromatic heterocycles. The molecule has 0 amide bonds. The largest absolute Gasteiger partial charge is 0.316 e. The maximum absolute atomic E-state index is 8.39. The Morgan fingerprint density at radius 2 is 2.07 bits per heavy atom. The van der Waals surface area contributed by atoms with Gasteiger partial charge < -0.3 is 5.32 Å². The minimum Gasteiger partial charge on any atom is -0.316 e. The van der Waals surface area contributed by atoms with Gasteiger partial charge in [0.1, 0.15) is 0 Å². The van der Waals surface area contributed by atoms with Crippen molar-refractivity contribution in [3.8, 4) is 6.07 Å². The zero-order chi connectivity index (χ0) is 10.9. The molecule has 2 heteroatoms. The van der Waals surface area contributed by atoms with E-state index in [9.17, 15) is 0 Å². The maximum Gasteiger partial charge on any atom is 0.0621 e. The standard InChI is InChI=1S/C13H24N2/c1-12-7-3-4-8-13(12)11-15-10-6-2-5-9-14/h12-13,15H,2-8,10-11H2,1H3. The van der Waals surface area contributed by atoms with Gasteiger partial charge in [0.25, 0.3) is 0 Å². The van der Waals surface area contributed by atoms with E-state index in [-0.39, 0.29) is 0 Å². The summed E-state index contributed by atoms with van der Waals surface area (Å²) in [5.74, 6) is 1.81. The quantitative estimate of drug-likeness (QED) is 0.681. The van der Waals surface area contributed by atoms with Gasteiger partial charge in [-0.25, -0.2) is 0 Å². The van der Waals surface area contributed by atoms with Gasteiger partial charge in [0.2, 0.25) is 0 Å². The summed E-state index contributed by atoms with van der Waals surface area (Å²) in [6.45, 7) is 4.67. The fourth-order valence-corrected chi connectivity index (χ4v) is 2.44. The molecule has 15 heavy (non-hydrogen) atoms. The van der Waals surface area contributed by atoms with E-state index < -0.39 is 0 Å². The summed E-state index contributed by atoms with van der Waals surface area (Å²) in [5, 5.41) is 11.9. The van der Waals surface area contributed by atoms with E-state index in [1.54, 1.807) is 0 Å². The van der Waals surface area contributed by atoms with Crippen LogP contribution in [-0.4, -0.2) is 13.1 Å². The third-order valence-corrected chi connectivity index (χ3v) is 3.59. The minimum absolute atomic E-state index is 0.710. The zero-order valence-electron chi connectivity index (χ0n) is 9.97. The topological polar surface area (TPSA) is 35.8 Å². The molecule has 0 aliphatic heterocycles. The first-order valence-corrected chi connectivity index (χ1v) is 6.42. The van der Waals surface area contributed by atoms with Gasteiger partial charge >= 0.3 is 0 Å². The number of unbranched alkanes of at least 4 members (excludes halogenated alkanes) is 2. The van der Waals surface area contributed by atoms with Gasteiger partial charge in [0, 0.05) is 6.42 Å². The summed E-state index contributed by atoms with van der Waals surface area (Å²) < 4.78 is 0. The van der Waals surface area contributed by atoms with Gasteiger partial charge in [-0.15, -0.1) is 0 Å². The summed E-state index contributed by atoms with van der Waals surface area (Å²) >= 11 is 0. The first-order valence-electron chi connectivity index (χ1n) is 6.42. The molecule has 0 saturated heterocycles. The molecule has 0 heterocycles. The van der Waals surface area contributed by atoms with Gasteiger partial charge in [-0.2, -0.15) is 5.26 Å². The Morgan fingerprint density at radius 3 is 2.80 bits per heavy atom. The maximum atomic E-state index is 8.39. The zero-order valence-corrected chi connectivity index (χ0v) is 9.97. The van der Waals surface area contributed by atoms with E-state index >= 15 is 0 Å². The van der Waals surface area contributed by atoms with Gasteiger partial charge in [-0.3, -0.25) is 0 Å². The van der Waals surface area contributed by atoms with Crippen molar-refractivity contribution in [2.24, 2.45) is 11.8 Å². The summed E-state index contributed by atoms with van der Waals surface area (Å²) in [6, 6.07) is 2.19. The molecule has 1 aliphatic carbocycles. The summed E-state index contributed by atoms with van der Waals surface area (Å²) in [5.41, 5.74) is 0. The molecule has 1 saturated carbocycles. The summed E-state index contributed by atoms with van der Waals surface area (Å²) in [4.78, 5) is 0. The second kappa shape index (κ2) is 7.70. The number of nitriles is 1. The van der Waals surface area contributed by atoms with Gasteiger partial charge in [0.15, 0.2) is 0 Å². The molecular formula is C13H24N2. The highest BCUT2D eigenvalue weighted by molar-refractivity contribution is 4.74. The van der Waals surface area contributed by atoms with Crippen LogP contribution in [0.2, 0.25) is 0 Å². The van der Waals surface area contributed by atoms with Crippen molar-refractivity contribution in [3.05, 3.63) is 0 Å². The normalized spacial score (nSPS) is 26.1. The highest BCUT2D eigenvalue weighted by Gasteiger charge is 2.20. The lowest BCUT2D eigenvalue weighted by Crippen LogP contribution is -2.29. The number of hydrogen-bond donors (Lipinski definition) is 1. The van der Waals surface area contributed by atoms with Gasteiger partial charge in [-0.05, 0) is 44.2 Å². The molecule has 0 aromatic carbocycles.